The fraction of sp³-hybridized carbons (Fsp3) is 0.871. The summed E-state index contributed by atoms with van der Waals surface area (Å²) in [5.74, 6) is -13.8. The molecule has 21 atom stereocenters. The standard InChI is InChI=1S/C70H126N3O29P/c1-5-7-9-11-13-15-17-18-19-20-21-22-23-24-25-26-28-30-32-34-36-38-52(80)71-46(47(75)37-35-33-31-29-27-16-14-12-10-8-6-2)42-98-103(93,94)102-66-61(87)59(85)60(86)65(62(66)88)101-70(68(91)92)40-49(77)56(64(100-70)58(84)51(79)44-96-4)73-54(82)45-97-69(67(89)90)39-48(76)55(72-53(81)41-74)63(99-69)57(83)50(78)43-95-3/h18-19,35,37,46-51,55-66,74-79,83-88H,5-17,20-34,36,38-45H2,1-4H3,(H,71,80)(H,72,81)(H,73,82)(H,89,90)(H,91,92)(H,93,94)/b19-18+,37-35+/t46-,47+,48-,49-,50+,51+,55+,56+,57+,58+,59-,60-,61+,62+,63+,64+,65+,66-,69+,70-/m0/s1. The van der Waals surface area contributed by atoms with Gasteiger partial charge in [-0.3, -0.25) is 23.4 Å². The number of phosphoric ester groups is 1. The molecule has 0 aromatic carbocycles. The summed E-state index contributed by atoms with van der Waals surface area (Å²) < 4.78 is 56.5. The van der Waals surface area contributed by atoms with Crippen molar-refractivity contribution in [3.63, 3.8) is 0 Å². The molecule has 32 nitrogen and oxygen atoms in total. The summed E-state index contributed by atoms with van der Waals surface area (Å²) in [6, 6.07) is -5.18. The SMILES string of the molecule is CCCCCCCC/C=C/CCCCCCCCCCCCCC(=O)N[C@@H](COP(=O)(O)O[C@@H]1[C@H](O)[C@H](O[C@]2(C(=O)O)C[C@H](O)[C@@H](NC(=O)CO[C@]3(C(=O)O)C[C@H](O)[C@@H](NC(=O)CO)[C@H]([C@H](O)[C@H](O)COC)O3)[C@H]([C@H](O)[C@H](O)COC)O2)[C@@H](O)[C@H](O)[C@H]1O)[C@H](O)/C=C/CCCCCCCCCCC. The normalized spacial score (nSPS) is 28.5. The number of hydrogen-bond donors (Lipinski definition) is 18. The Hall–Kier alpha value is -3.78. The van der Waals surface area contributed by atoms with Crippen LogP contribution in [-0.4, -0.2) is 275 Å². The molecule has 33 heteroatoms. The predicted molar refractivity (Wildman–Crippen MR) is 372 cm³/mol. The highest BCUT2D eigenvalue weighted by Gasteiger charge is 2.62. The van der Waals surface area contributed by atoms with Crippen LogP contribution >= 0.6 is 7.82 Å². The van der Waals surface area contributed by atoms with Crippen molar-refractivity contribution in [2.24, 2.45) is 0 Å². The number of ether oxygens (including phenoxy) is 6. The molecule has 2 saturated heterocycles. The summed E-state index contributed by atoms with van der Waals surface area (Å²) in [7, 11) is -3.43. The first-order valence-electron chi connectivity index (χ1n) is 37.2. The Morgan fingerprint density at radius 1 is 0.524 bits per heavy atom. The number of allylic oxidation sites excluding steroid dienone is 3. The van der Waals surface area contributed by atoms with E-state index < -0.39 is 205 Å². The van der Waals surface area contributed by atoms with Crippen LogP contribution in [-0.2, 0) is 66.0 Å². The zero-order chi connectivity index (χ0) is 76.5. The van der Waals surface area contributed by atoms with Crippen molar-refractivity contribution >= 4 is 37.5 Å². The number of carboxylic acids is 2. The molecule has 3 aliphatic rings. The molecule has 2 heterocycles. The molecular weight excluding hydrogens is 1380 g/mol. The largest absolute Gasteiger partial charge is 0.477 e. The van der Waals surface area contributed by atoms with E-state index in [0.29, 0.717) is 12.8 Å². The molecule has 3 fully saturated rings. The van der Waals surface area contributed by atoms with Gasteiger partial charge in [0, 0.05) is 33.5 Å². The molecule has 0 aromatic rings. The maximum absolute atomic E-state index is 13.9. The van der Waals surface area contributed by atoms with Gasteiger partial charge in [-0.2, -0.15) is 0 Å². The van der Waals surface area contributed by atoms with Crippen LogP contribution in [0.1, 0.15) is 219 Å². The van der Waals surface area contributed by atoms with Gasteiger partial charge in [-0.05, 0) is 44.9 Å². The monoisotopic (exact) mass is 1500 g/mol. The van der Waals surface area contributed by atoms with E-state index in [1.807, 2.05) is 0 Å². The van der Waals surface area contributed by atoms with E-state index in [0.717, 1.165) is 91.3 Å². The number of phosphoric acid groups is 1. The Kier molecular flexibility index (Phi) is 46.1. The van der Waals surface area contributed by atoms with E-state index in [1.54, 1.807) is 6.08 Å². The minimum absolute atomic E-state index is 0.0409. The van der Waals surface area contributed by atoms with Gasteiger partial charge in [-0.25, -0.2) is 14.2 Å². The third kappa shape index (κ3) is 32.9. The van der Waals surface area contributed by atoms with E-state index in [2.05, 4.69) is 41.9 Å². The van der Waals surface area contributed by atoms with Gasteiger partial charge in [-0.1, -0.05) is 179 Å². The molecule has 1 saturated carbocycles. The molecule has 0 radical (unpaired) electrons. The lowest BCUT2D eigenvalue weighted by Gasteiger charge is -2.50. The molecule has 2 aliphatic heterocycles. The molecule has 0 aromatic heterocycles. The van der Waals surface area contributed by atoms with Crippen molar-refractivity contribution in [2.45, 2.75) is 341 Å². The molecule has 3 amide bonds. The molecule has 0 spiro atoms. The lowest BCUT2D eigenvalue weighted by Crippen LogP contribution is -2.71. The number of aliphatic hydroxyl groups excluding tert-OH is 12. The number of nitrogens with one attached hydrogen (secondary N) is 3. The van der Waals surface area contributed by atoms with Gasteiger partial charge < -0.3 is 121 Å². The quantitative estimate of drug-likeness (QED) is 0.0236. The van der Waals surface area contributed by atoms with Crippen LogP contribution in [0.5, 0.6) is 0 Å². The van der Waals surface area contributed by atoms with Gasteiger partial charge in [0.15, 0.2) is 0 Å². The molecule has 600 valence electrons. The predicted octanol–water partition coefficient (Wildman–Crippen LogP) is 2.61. The summed E-state index contributed by atoms with van der Waals surface area (Å²) in [6.45, 7) is -0.421. The number of rotatable bonds is 57. The van der Waals surface area contributed by atoms with Crippen molar-refractivity contribution in [3.8, 4) is 0 Å². The second kappa shape index (κ2) is 50.8. The Bertz CT molecular complexity index is 2490. The number of hydrogen-bond acceptors (Lipinski definition) is 26. The van der Waals surface area contributed by atoms with Gasteiger partial charge in [0.05, 0.1) is 56.3 Å². The summed E-state index contributed by atoms with van der Waals surface area (Å²) >= 11 is 0. The number of carbonyl (C=O) groups is 5. The van der Waals surface area contributed by atoms with Crippen molar-refractivity contribution in [1.82, 2.24) is 16.0 Å². The lowest BCUT2D eigenvalue weighted by molar-refractivity contribution is -0.350. The molecule has 18 N–H and O–H groups in total. The highest BCUT2D eigenvalue weighted by Crippen LogP contribution is 2.48. The van der Waals surface area contributed by atoms with E-state index in [-0.39, 0.29) is 6.42 Å². The lowest BCUT2D eigenvalue weighted by atomic mass is 9.84. The average Bonchev–Trinajstić information content (AvgIpc) is 0.758. The highest BCUT2D eigenvalue weighted by atomic mass is 31.2. The zero-order valence-electron chi connectivity index (χ0n) is 60.7. The Morgan fingerprint density at radius 2 is 0.932 bits per heavy atom. The first-order chi connectivity index (χ1) is 49.1. The summed E-state index contributed by atoms with van der Waals surface area (Å²) in [5, 5.41) is 161. The molecule has 3 rings (SSSR count). The Balaban J connectivity index is 1.74. The van der Waals surface area contributed by atoms with Gasteiger partial charge in [0.2, 0.25) is 17.7 Å². The second-order valence-corrected chi connectivity index (χ2v) is 28.9. The fourth-order valence-electron chi connectivity index (χ4n) is 12.9. The topological polar surface area (TPSA) is 516 Å². The molecule has 1 aliphatic carbocycles. The number of unbranched alkanes of at least 4 members (excludes halogenated alkanes) is 26. The van der Waals surface area contributed by atoms with Crippen molar-refractivity contribution in [1.29, 1.82) is 0 Å². The van der Waals surface area contributed by atoms with E-state index >= 15 is 0 Å². The number of carboxylic acid groups (broad SMARTS) is 2. The van der Waals surface area contributed by atoms with Crippen LogP contribution in [0.3, 0.4) is 0 Å². The van der Waals surface area contributed by atoms with Gasteiger partial charge in [0.25, 0.3) is 11.6 Å². The summed E-state index contributed by atoms with van der Waals surface area (Å²) in [4.78, 5) is 76.8. The number of amides is 3. The minimum Gasteiger partial charge on any atom is -0.477 e. The number of methoxy groups -OCH3 is 2. The van der Waals surface area contributed by atoms with Gasteiger partial charge in [0.1, 0.15) is 86.5 Å². The number of aliphatic hydroxyl groups is 12. The maximum Gasteiger partial charge on any atom is 0.472 e. The fourth-order valence-corrected chi connectivity index (χ4v) is 13.9. The van der Waals surface area contributed by atoms with E-state index in [4.69, 9.17) is 37.5 Å². The number of carbonyl (C=O) groups excluding carboxylic acids is 3. The summed E-state index contributed by atoms with van der Waals surface area (Å²) in [5.41, 5.74) is 0. The minimum atomic E-state index is -5.63. The van der Waals surface area contributed by atoms with Crippen LogP contribution in [0.15, 0.2) is 24.3 Å². The number of aliphatic carboxylic acids is 2. The molecule has 0 bridgehead atoms. The average molecular weight is 1500 g/mol. The van der Waals surface area contributed by atoms with Crippen LogP contribution in [0, 0.1) is 0 Å². The van der Waals surface area contributed by atoms with Crippen molar-refractivity contribution in [3.05, 3.63) is 24.3 Å². The molecule has 103 heavy (non-hydrogen) atoms. The van der Waals surface area contributed by atoms with Crippen LogP contribution < -0.4 is 16.0 Å². The highest BCUT2D eigenvalue weighted by molar-refractivity contribution is 7.47. The zero-order valence-corrected chi connectivity index (χ0v) is 61.6. The third-order valence-electron chi connectivity index (χ3n) is 18.9. The van der Waals surface area contributed by atoms with Crippen molar-refractivity contribution in [2.75, 3.05) is 47.3 Å². The summed E-state index contributed by atoms with van der Waals surface area (Å²) in [6.07, 6.45) is 3.19. The molecule has 1 unspecified atom stereocenters. The van der Waals surface area contributed by atoms with Crippen molar-refractivity contribution < 1.29 is 142 Å². The van der Waals surface area contributed by atoms with Crippen LogP contribution in [0.25, 0.3) is 0 Å². The second-order valence-electron chi connectivity index (χ2n) is 27.5. The van der Waals surface area contributed by atoms with E-state index in [1.165, 1.54) is 102 Å². The maximum atomic E-state index is 13.9. The molecular formula is C70H126N3O29P. The smallest absolute Gasteiger partial charge is 0.472 e. The first kappa shape index (κ1) is 93.4. The Morgan fingerprint density at radius 3 is 1.38 bits per heavy atom. The van der Waals surface area contributed by atoms with Gasteiger partial charge in [-0.15, -0.1) is 0 Å². The third-order valence-corrected chi connectivity index (χ3v) is 19.9. The van der Waals surface area contributed by atoms with Crippen LogP contribution in [0.4, 0.5) is 0 Å². The van der Waals surface area contributed by atoms with Crippen LogP contribution in [0.2, 0.25) is 0 Å². The Labute approximate surface area is 605 Å². The first-order valence-corrected chi connectivity index (χ1v) is 38.7. The van der Waals surface area contributed by atoms with Gasteiger partial charge >= 0.3 is 19.8 Å². The van der Waals surface area contributed by atoms with E-state index in [9.17, 15) is 105 Å².